The van der Waals surface area contributed by atoms with Gasteiger partial charge in [-0.1, -0.05) is 23.1 Å². The lowest BCUT2D eigenvalue weighted by Gasteiger charge is -2.25. The van der Waals surface area contributed by atoms with E-state index in [-0.39, 0.29) is 15.8 Å². The number of amides is 1. The van der Waals surface area contributed by atoms with Crippen LogP contribution in [-0.4, -0.2) is 44.0 Å². The van der Waals surface area contributed by atoms with Crippen molar-refractivity contribution in [1.82, 2.24) is 9.27 Å². The van der Waals surface area contributed by atoms with E-state index in [0.29, 0.717) is 24.6 Å². The molecule has 1 aromatic heterocycles. The van der Waals surface area contributed by atoms with E-state index in [4.69, 9.17) is 11.6 Å². The van der Waals surface area contributed by atoms with E-state index in [1.807, 2.05) is 0 Å². The Morgan fingerprint density at radius 2 is 2.06 bits per heavy atom. The van der Waals surface area contributed by atoms with Gasteiger partial charge in [-0.3, -0.25) is 18.2 Å². The highest BCUT2D eigenvalue weighted by Crippen LogP contribution is 2.18. The van der Waals surface area contributed by atoms with E-state index < -0.39 is 16.4 Å². The Hall–Kier alpha value is -0.660. The number of aromatic nitrogens is 1. The van der Waals surface area contributed by atoms with Crippen LogP contribution in [0.2, 0.25) is 5.02 Å². The Kier molecular flexibility index (Phi) is 3.46. The summed E-state index contributed by atoms with van der Waals surface area (Å²) in [4.78, 5) is 24.8. The minimum absolute atomic E-state index is 0.0540. The third-order valence-corrected chi connectivity index (χ3v) is 4.92. The van der Waals surface area contributed by atoms with Crippen LogP contribution in [0.4, 0.5) is 0 Å². The first-order chi connectivity index (χ1) is 7.59. The summed E-state index contributed by atoms with van der Waals surface area (Å²) in [6.07, 6.45) is 0. The highest BCUT2D eigenvalue weighted by molar-refractivity contribution is 7.85. The normalized spacial score (nSPS) is 17.7. The third kappa shape index (κ3) is 2.21. The zero-order valence-corrected chi connectivity index (χ0v) is 10.6. The monoisotopic (exact) mass is 280 g/mol. The molecular weight excluding hydrogens is 272 g/mol. The maximum absolute atomic E-state index is 11.9. The van der Waals surface area contributed by atoms with Crippen LogP contribution in [0.25, 0.3) is 0 Å². The molecule has 88 valence electrons. The number of aromatic amines is 1. The molecule has 1 amide bonds. The van der Waals surface area contributed by atoms with Gasteiger partial charge in [0.2, 0.25) is 0 Å². The lowest BCUT2D eigenvalue weighted by molar-refractivity contribution is 0.0776. The molecule has 1 N–H and O–H groups in total. The maximum atomic E-state index is 11.9. The first-order valence-corrected chi connectivity index (χ1v) is 7.29. The van der Waals surface area contributed by atoms with E-state index in [0.717, 1.165) is 11.5 Å². The van der Waals surface area contributed by atoms with Crippen LogP contribution in [0.5, 0.6) is 0 Å². The molecule has 16 heavy (non-hydrogen) atoms. The van der Waals surface area contributed by atoms with E-state index >= 15 is 0 Å². The Labute approximate surface area is 103 Å². The standard InChI is InChI=1S/C8H9ClN2O3S2/c9-5-6(15-10-7(5)12)8(13)11-1-3-16(14)4-2-11/h1-4H2,(H,10,12). The molecule has 0 atom stereocenters. The minimum Gasteiger partial charge on any atom is -0.336 e. The van der Waals surface area contributed by atoms with Gasteiger partial charge in [0.05, 0.1) is 0 Å². The predicted molar refractivity (Wildman–Crippen MR) is 63.7 cm³/mol. The van der Waals surface area contributed by atoms with Crippen LogP contribution in [0.15, 0.2) is 4.79 Å². The molecule has 0 aromatic carbocycles. The summed E-state index contributed by atoms with van der Waals surface area (Å²) in [6.45, 7) is 0.904. The molecule has 1 aromatic rings. The van der Waals surface area contributed by atoms with Crippen molar-refractivity contribution in [2.24, 2.45) is 0 Å². The van der Waals surface area contributed by atoms with Gasteiger partial charge in [-0.05, 0) is 0 Å². The van der Waals surface area contributed by atoms with Gasteiger partial charge in [0.25, 0.3) is 11.5 Å². The van der Waals surface area contributed by atoms with Crippen LogP contribution in [0.3, 0.4) is 0 Å². The lowest BCUT2D eigenvalue weighted by Crippen LogP contribution is -2.41. The molecular formula is C8H9ClN2O3S2. The summed E-state index contributed by atoms with van der Waals surface area (Å²) in [5.41, 5.74) is -0.435. The topological polar surface area (TPSA) is 70.2 Å². The summed E-state index contributed by atoms with van der Waals surface area (Å²) in [7, 11) is -0.827. The SMILES string of the molecule is O=C(c1s[nH]c(=O)c1Cl)N1CCS(=O)CC1. The van der Waals surface area contributed by atoms with Crippen molar-refractivity contribution in [3.63, 3.8) is 0 Å². The number of rotatable bonds is 1. The molecule has 5 nitrogen and oxygen atoms in total. The number of hydrogen-bond donors (Lipinski definition) is 1. The fourth-order valence-electron chi connectivity index (χ4n) is 1.41. The van der Waals surface area contributed by atoms with Crippen LogP contribution < -0.4 is 5.56 Å². The lowest BCUT2D eigenvalue weighted by atomic mass is 10.4. The highest BCUT2D eigenvalue weighted by atomic mass is 35.5. The molecule has 1 aliphatic heterocycles. The predicted octanol–water partition coefficient (Wildman–Crippen LogP) is 0.294. The van der Waals surface area contributed by atoms with Crippen LogP contribution >= 0.6 is 23.1 Å². The number of hydrogen-bond acceptors (Lipinski definition) is 4. The smallest absolute Gasteiger partial charge is 0.277 e. The zero-order valence-electron chi connectivity index (χ0n) is 8.19. The molecule has 0 spiro atoms. The van der Waals surface area contributed by atoms with Crippen molar-refractivity contribution in [3.05, 3.63) is 20.3 Å². The summed E-state index contributed by atoms with van der Waals surface area (Å²) in [5, 5.41) is -0.0540. The highest BCUT2D eigenvalue weighted by Gasteiger charge is 2.25. The van der Waals surface area contributed by atoms with Gasteiger partial charge in [0.15, 0.2) is 0 Å². The molecule has 2 rings (SSSR count). The maximum Gasteiger partial charge on any atom is 0.277 e. The molecule has 0 unspecified atom stereocenters. The van der Waals surface area contributed by atoms with E-state index in [2.05, 4.69) is 4.37 Å². The minimum atomic E-state index is -0.827. The van der Waals surface area contributed by atoms with E-state index in [9.17, 15) is 13.8 Å². The van der Waals surface area contributed by atoms with Crippen LogP contribution in [0.1, 0.15) is 9.67 Å². The summed E-state index contributed by atoms with van der Waals surface area (Å²) in [5.74, 6) is 0.718. The number of H-pyrrole nitrogens is 1. The van der Waals surface area contributed by atoms with Gasteiger partial charge in [-0.2, -0.15) is 0 Å². The van der Waals surface area contributed by atoms with Gasteiger partial charge in [0, 0.05) is 35.4 Å². The Morgan fingerprint density at radius 1 is 1.44 bits per heavy atom. The van der Waals surface area contributed by atoms with Gasteiger partial charge >= 0.3 is 0 Å². The molecule has 8 heteroatoms. The Balaban J connectivity index is 2.17. The summed E-state index contributed by atoms with van der Waals surface area (Å²) < 4.78 is 13.5. The number of halogens is 1. The quantitative estimate of drug-likeness (QED) is 0.804. The number of carbonyl (C=O) groups is 1. The zero-order chi connectivity index (χ0) is 11.7. The van der Waals surface area contributed by atoms with Gasteiger partial charge < -0.3 is 4.90 Å². The molecule has 2 heterocycles. The van der Waals surface area contributed by atoms with Crippen molar-refractivity contribution in [2.75, 3.05) is 24.6 Å². The second kappa shape index (κ2) is 4.68. The molecule has 0 aliphatic carbocycles. The molecule has 0 bridgehead atoms. The summed E-state index contributed by atoms with van der Waals surface area (Å²) >= 11 is 6.65. The number of nitrogens with one attached hydrogen (secondary N) is 1. The number of carbonyl (C=O) groups excluding carboxylic acids is 1. The third-order valence-electron chi connectivity index (χ3n) is 2.30. The fourth-order valence-corrected chi connectivity index (χ4v) is 3.46. The molecule has 0 radical (unpaired) electrons. The van der Waals surface area contributed by atoms with Crippen LogP contribution in [0, 0.1) is 0 Å². The van der Waals surface area contributed by atoms with Crippen molar-refractivity contribution >= 4 is 39.8 Å². The van der Waals surface area contributed by atoms with Crippen molar-refractivity contribution in [1.29, 1.82) is 0 Å². The Bertz CT molecular complexity index is 486. The van der Waals surface area contributed by atoms with Crippen molar-refractivity contribution < 1.29 is 9.00 Å². The first kappa shape index (κ1) is 11.8. The average molecular weight is 281 g/mol. The first-order valence-electron chi connectivity index (χ1n) is 4.61. The molecule has 1 aliphatic rings. The average Bonchev–Trinajstić information content (AvgIpc) is 2.60. The van der Waals surface area contributed by atoms with Gasteiger partial charge in [-0.25, -0.2) is 0 Å². The van der Waals surface area contributed by atoms with Gasteiger partial charge in [-0.15, -0.1) is 0 Å². The largest absolute Gasteiger partial charge is 0.336 e. The second-order valence-electron chi connectivity index (χ2n) is 3.32. The Morgan fingerprint density at radius 3 is 2.56 bits per heavy atom. The number of nitrogens with zero attached hydrogens (tertiary/aromatic N) is 1. The fraction of sp³-hybridized carbons (Fsp3) is 0.500. The molecule has 0 saturated carbocycles. The molecule has 1 fully saturated rings. The van der Waals surface area contributed by atoms with E-state index in [1.165, 1.54) is 0 Å². The van der Waals surface area contributed by atoms with Gasteiger partial charge in [0.1, 0.15) is 9.90 Å². The van der Waals surface area contributed by atoms with Crippen molar-refractivity contribution in [2.45, 2.75) is 0 Å². The molecule has 1 saturated heterocycles. The van der Waals surface area contributed by atoms with Crippen LogP contribution in [-0.2, 0) is 10.8 Å². The van der Waals surface area contributed by atoms with Crippen molar-refractivity contribution in [3.8, 4) is 0 Å². The summed E-state index contributed by atoms with van der Waals surface area (Å²) in [6, 6.07) is 0. The second-order valence-corrected chi connectivity index (χ2v) is 6.21. The van der Waals surface area contributed by atoms with E-state index in [1.54, 1.807) is 4.90 Å².